The molecule has 4 rings (SSSR count). The first-order valence-corrected chi connectivity index (χ1v) is 8.92. The fraction of sp³-hybridized carbons (Fsp3) is 0.158. The van der Waals surface area contributed by atoms with Crippen molar-refractivity contribution < 1.29 is 18.1 Å². The molecule has 0 spiro atoms. The smallest absolute Gasteiger partial charge is 0.250 e. The minimum Gasteiger partial charge on any atom is -0.352 e. The van der Waals surface area contributed by atoms with E-state index in [1.807, 2.05) is 30.3 Å². The summed E-state index contributed by atoms with van der Waals surface area (Å²) in [6.07, 6.45) is -0.160. The standard InChI is InChI=1S/C19H15F2N7O2/c20-14-7-6-13(15(21)8-14)10-22-17(29)9-16-23-18(30-26-16)11-28-25-19(24-27-28)12-4-2-1-3-5-12/h1-8H,9-11H2,(H,22,29). The van der Waals surface area contributed by atoms with Gasteiger partial charge in [0.05, 0.1) is 6.42 Å². The van der Waals surface area contributed by atoms with E-state index in [2.05, 4.69) is 30.9 Å². The molecule has 2 aromatic carbocycles. The molecule has 0 bridgehead atoms. The lowest BCUT2D eigenvalue weighted by atomic mass is 10.2. The predicted molar refractivity (Wildman–Crippen MR) is 98.6 cm³/mol. The zero-order valence-corrected chi connectivity index (χ0v) is 15.5. The second-order valence-electron chi connectivity index (χ2n) is 6.30. The van der Waals surface area contributed by atoms with Crippen LogP contribution in [0.4, 0.5) is 8.78 Å². The fourth-order valence-electron chi connectivity index (χ4n) is 2.63. The highest BCUT2D eigenvalue weighted by molar-refractivity contribution is 5.77. The Labute approximate surface area is 168 Å². The van der Waals surface area contributed by atoms with Gasteiger partial charge in [0.15, 0.2) is 5.82 Å². The number of carbonyl (C=O) groups is 1. The van der Waals surface area contributed by atoms with Gasteiger partial charge in [0, 0.05) is 23.7 Å². The number of nitrogens with one attached hydrogen (secondary N) is 1. The van der Waals surface area contributed by atoms with Gasteiger partial charge in [-0.2, -0.15) is 9.78 Å². The number of hydrogen-bond acceptors (Lipinski definition) is 7. The van der Waals surface area contributed by atoms with Gasteiger partial charge in [-0.15, -0.1) is 10.2 Å². The van der Waals surface area contributed by atoms with Crippen molar-refractivity contribution in [3.8, 4) is 11.4 Å². The number of nitrogens with zero attached hydrogens (tertiary/aromatic N) is 6. The Hall–Kier alpha value is -4.02. The van der Waals surface area contributed by atoms with Gasteiger partial charge in [-0.1, -0.05) is 41.6 Å². The van der Waals surface area contributed by atoms with E-state index < -0.39 is 17.5 Å². The van der Waals surface area contributed by atoms with Crippen LogP contribution >= 0.6 is 0 Å². The van der Waals surface area contributed by atoms with Crippen LogP contribution < -0.4 is 5.32 Å². The molecular weight excluding hydrogens is 396 g/mol. The van der Waals surface area contributed by atoms with E-state index in [-0.39, 0.29) is 36.8 Å². The number of tetrazole rings is 1. The molecule has 30 heavy (non-hydrogen) atoms. The molecule has 1 N–H and O–H groups in total. The summed E-state index contributed by atoms with van der Waals surface area (Å²) in [4.78, 5) is 17.4. The Morgan fingerprint density at radius 3 is 2.77 bits per heavy atom. The fourth-order valence-corrected chi connectivity index (χ4v) is 2.63. The van der Waals surface area contributed by atoms with E-state index in [9.17, 15) is 13.6 Å². The number of rotatable bonds is 7. The van der Waals surface area contributed by atoms with Crippen LogP contribution in [0.25, 0.3) is 11.4 Å². The molecule has 11 heteroatoms. The summed E-state index contributed by atoms with van der Waals surface area (Å²) in [5.41, 5.74) is 0.995. The van der Waals surface area contributed by atoms with Crippen LogP contribution in [0.15, 0.2) is 53.1 Å². The van der Waals surface area contributed by atoms with E-state index in [0.717, 1.165) is 17.7 Å². The van der Waals surface area contributed by atoms with E-state index in [1.165, 1.54) is 10.9 Å². The summed E-state index contributed by atoms with van der Waals surface area (Å²) in [7, 11) is 0. The highest BCUT2D eigenvalue weighted by Crippen LogP contribution is 2.12. The van der Waals surface area contributed by atoms with E-state index >= 15 is 0 Å². The minimum absolute atomic E-state index is 0.0825. The SMILES string of the molecule is O=C(Cc1noc(Cn2nnc(-c3ccccc3)n2)n1)NCc1ccc(F)cc1F. The summed E-state index contributed by atoms with van der Waals surface area (Å²) in [5, 5.41) is 18.4. The Kier molecular flexibility index (Phi) is 5.50. The lowest BCUT2D eigenvalue weighted by Gasteiger charge is -2.05. The second kappa shape index (κ2) is 8.55. The van der Waals surface area contributed by atoms with Gasteiger partial charge in [0.1, 0.15) is 18.2 Å². The van der Waals surface area contributed by atoms with Crippen molar-refractivity contribution in [2.75, 3.05) is 0 Å². The van der Waals surface area contributed by atoms with Crippen LogP contribution in [0.3, 0.4) is 0 Å². The van der Waals surface area contributed by atoms with E-state index in [0.29, 0.717) is 5.82 Å². The summed E-state index contributed by atoms with van der Waals surface area (Å²) in [5.74, 6) is -1.02. The molecule has 0 radical (unpaired) electrons. The van der Waals surface area contributed by atoms with Crippen molar-refractivity contribution in [3.63, 3.8) is 0 Å². The molecule has 0 saturated heterocycles. The molecule has 4 aromatic rings. The molecule has 0 unspecified atom stereocenters. The van der Waals surface area contributed by atoms with Gasteiger partial charge in [-0.25, -0.2) is 8.78 Å². The van der Waals surface area contributed by atoms with Gasteiger partial charge < -0.3 is 9.84 Å². The normalized spacial score (nSPS) is 10.9. The second-order valence-corrected chi connectivity index (χ2v) is 6.30. The van der Waals surface area contributed by atoms with Crippen molar-refractivity contribution in [1.29, 1.82) is 0 Å². The summed E-state index contributed by atoms with van der Waals surface area (Å²) in [6, 6.07) is 12.5. The molecule has 2 aromatic heterocycles. The number of benzene rings is 2. The molecule has 2 heterocycles. The number of halogens is 2. The van der Waals surface area contributed by atoms with Gasteiger partial charge in [0.25, 0.3) is 0 Å². The highest BCUT2D eigenvalue weighted by Gasteiger charge is 2.14. The first-order chi connectivity index (χ1) is 14.6. The van der Waals surface area contributed by atoms with Crippen LogP contribution in [0.5, 0.6) is 0 Å². The molecule has 0 aliphatic carbocycles. The van der Waals surface area contributed by atoms with Crippen LogP contribution in [-0.4, -0.2) is 36.3 Å². The van der Waals surface area contributed by atoms with E-state index in [1.54, 1.807) is 0 Å². The number of amides is 1. The largest absolute Gasteiger partial charge is 0.352 e. The maximum atomic E-state index is 13.6. The molecule has 0 aliphatic heterocycles. The Morgan fingerprint density at radius 2 is 1.97 bits per heavy atom. The lowest BCUT2D eigenvalue weighted by Crippen LogP contribution is -2.25. The third kappa shape index (κ3) is 4.69. The van der Waals surface area contributed by atoms with Crippen LogP contribution in [0.2, 0.25) is 0 Å². The average Bonchev–Trinajstić information content (AvgIpc) is 3.38. The zero-order chi connectivity index (χ0) is 20.9. The number of aromatic nitrogens is 6. The van der Waals surface area contributed by atoms with Crippen LogP contribution in [0, 0.1) is 11.6 Å². The van der Waals surface area contributed by atoms with Crippen LogP contribution in [0.1, 0.15) is 17.3 Å². The maximum Gasteiger partial charge on any atom is 0.250 e. The first-order valence-electron chi connectivity index (χ1n) is 8.92. The van der Waals surface area contributed by atoms with E-state index in [4.69, 9.17) is 4.52 Å². The monoisotopic (exact) mass is 411 g/mol. The van der Waals surface area contributed by atoms with Gasteiger partial charge in [-0.3, -0.25) is 4.79 Å². The lowest BCUT2D eigenvalue weighted by molar-refractivity contribution is -0.120. The minimum atomic E-state index is -0.729. The molecule has 0 aliphatic rings. The van der Waals surface area contributed by atoms with Gasteiger partial charge >= 0.3 is 0 Å². The molecule has 0 fully saturated rings. The summed E-state index contributed by atoms with van der Waals surface area (Å²) >= 11 is 0. The summed E-state index contributed by atoms with van der Waals surface area (Å²) < 4.78 is 31.6. The van der Waals surface area contributed by atoms with Crippen LogP contribution in [-0.2, 0) is 24.3 Å². The molecule has 0 atom stereocenters. The summed E-state index contributed by atoms with van der Waals surface area (Å²) in [6.45, 7) is 0.00996. The van der Waals surface area contributed by atoms with Crippen molar-refractivity contribution >= 4 is 5.91 Å². The maximum absolute atomic E-state index is 13.6. The quantitative estimate of drug-likeness (QED) is 0.494. The van der Waals surface area contributed by atoms with Crippen molar-refractivity contribution in [2.24, 2.45) is 0 Å². The third-order valence-electron chi connectivity index (χ3n) is 4.08. The predicted octanol–water partition coefficient (Wildman–Crippen LogP) is 1.91. The highest BCUT2D eigenvalue weighted by atomic mass is 19.1. The zero-order valence-electron chi connectivity index (χ0n) is 15.5. The van der Waals surface area contributed by atoms with Gasteiger partial charge in [-0.05, 0) is 11.3 Å². The number of hydrogen-bond donors (Lipinski definition) is 1. The average molecular weight is 411 g/mol. The Balaban J connectivity index is 1.32. The third-order valence-corrected chi connectivity index (χ3v) is 4.08. The molecular formula is C19H15F2N7O2. The Morgan fingerprint density at radius 1 is 1.13 bits per heavy atom. The molecule has 9 nitrogen and oxygen atoms in total. The van der Waals surface area contributed by atoms with Crippen molar-refractivity contribution in [3.05, 3.63) is 77.4 Å². The topological polar surface area (TPSA) is 112 Å². The van der Waals surface area contributed by atoms with Crippen molar-refractivity contribution in [1.82, 2.24) is 35.7 Å². The Bertz CT molecular complexity index is 1160. The van der Waals surface area contributed by atoms with Gasteiger partial charge in [0.2, 0.25) is 17.6 Å². The molecule has 1 amide bonds. The molecule has 0 saturated carbocycles. The van der Waals surface area contributed by atoms with Crippen molar-refractivity contribution in [2.45, 2.75) is 19.5 Å². The first kappa shape index (κ1) is 19.3. The molecule has 152 valence electrons. The number of carbonyl (C=O) groups excluding carboxylic acids is 1.